The molecule has 5 nitrogen and oxygen atoms in total. The van der Waals surface area contributed by atoms with Crippen molar-refractivity contribution in [2.24, 2.45) is 5.92 Å². The average Bonchev–Trinajstić information content (AvgIpc) is 3.66. The van der Waals surface area contributed by atoms with Crippen molar-refractivity contribution in [3.8, 4) is 11.8 Å². The molecule has 1 amide bonds. The van der Waals surface area contributed by atoms with Crippen LogP contribution >= 0.6 is 0 Å². The molecule has 1 unspecified atom stereocenters. The fourth-order valence-corrected chi connectivity index (χ4v) is 3.58. The Morgan fingerprint density at radius 1 is 0.969 bits per heavy atom. The van der Waals surface area contributed by atoms with Crippen molar-refractivity contribution >= 4 is 17.5 Å². The number of benzene rings is 2. The minimum absolute atomic E-state index is 0.101. The number of aryl methyl sites for hydroxylation is 1. The number of amides is 1. The van der Waals surface area contributed by atoms with Gasteiger partial charge in [0.2, 0.25) is 0 Å². The number of carbonyl (C=O) groups is 3. The third kappa shape index (κ3) is 6.15. The summed E-state index contributed by atoms with van der Waals surface area (Å²) in [6.07, 6.45) is 5.25. The van der Waals surface area contributed by atoms with Crippen LogP contribution in [0.15, 0.2) is 48.5 Å². The Hall–Kier alpha value is -3.23. The number of aliphatic hydroxyl groups is 1. The van der Waals surface area contributed by atoms with Gasteiger partial charge in [-0.3, -0.25) is 14.4 Å². The van der Waals surface area contributed by atoms with E-state index in [4.69, 9.17) is 5.11 Å². The molecule has 3 rings (SSSR count). The minimum atomic E-state index is -1.27. The van der Waals surface area contributed by atoms with Crippen LogP contribution in [0.5, 0.6) is 0 Å². The first-order valence-corrected chi connectivity index (χ1v) is 11.1. The van der Waals surface area contributed by atoms with Crippen LogP contribution in [0.4, 0.5) is 0 Å². The molecule has 0 radical (unpaired) electrons. The fraction of sp³-hybridized carbons (Fsp3) is 0.370. The van der Waals surface area contributed by atoms with E-state index in [1.54, 1.807) is 31.2 Å². The van der Waals surface area contributed by atoms with Gasteiger partial charge in [0.25, 0.3) is 5.91 Å². The lowest BCUT2D eigenvalue weighted by Crippen LogP contribution is -2.48. The Balaban J connectivity index is 1.64. The van der Waals surface area contributed by atoms with Gasteiger partial charge in [-0.2, -0.15) is 0 Å². The van der Waals surface area contributed by atoms with E-state index in [-0.39, 0.29) is 6.42 Å². The van der Waals surface area contributed by atoms with Gasteiger partial charge >= 0.3 is 0 Å². The fourth-order valence-electron chi connectivity index (χ4n) is 3.58. The van der Waals surface area contributed by atoms with E-state index in [2.05, 4.69) is 24.0 Å². The smallest absolute Gasteiger partial charge is 0.254 e. The molecule has 0 spiro atoms. The van der Waals surface area contributed by atoms with Crippen LogP contribution in [0, 0.1) is 17.8 Å². The van der Waals surface area contributed by atoms with Gasteiger partial charge in [-0.25, -0.2) is 0 Å². The van der Waals surface area contributed by atoms with Gasteiger partial charge in [-0.1, -0.05) is 43.7 Å². The second kappa shape index (κ2) is 10.9. The van der Waals surface area contributed by atoms with Gasteiger partial charge in [-0.05, 0) is 60.7 Å². The number of hydrogen-bond acceptors (Lipinski definition) is 4. The molecule has 0 aromatic heterocycles. The van der Waals surface area contributed by atoms with E-state index >= 15 is 0 Å². The van der Waals surface area contributed by atoms with Crippen molar-refractivity contribution in [1.82, 2.24) is 4.90 Å². The molecule has 1 saturated carbocycles. The summed E-state index contributed by atoms with van der Waals surface area (Å²) >= 11 is 0. The maximum absolute atomic E-state index is 12.8. The molecule has 1 aliphatic carbocycles. The first-order valence-electron chi connectivity index (χ1n) is 11.1. The first kappa shape index (κ1) is 23.4. The van der Waals surface area contributed by atoms with Crippen molar-refractivity contribution in [1.29, 1.82) is 0 Å². The molecule has 1 N–H and O–H groups in total. The molecule has 32 heavy (non-hydrogen) atoms. The summed E-state index contributed by atoms with van der Waals surface area (Å²) in [6.45, 7) is 0.831. The molecule has 0 heterocycles. The monoisotopic (exact) mass is 431 g/mol. The zero-order chi connectivity index (χ0) is 23.1. The van der Waals surface area contributed by atoms with Crippen molar-refractivity contribution in [2.45, 2.75) is 45.1 Å². The largest absolute Gasteiger partial charge is 0.388 e. The summed E-state index contributed by atoms with van der Waals surface area (Å²) in [5.74, 6) is 5.62. The predicted octanol–water partition coefficient (Wildman–Crippen LogP) is 3.41. The van der Waals surface area contributed by atoms with Gasteiger partial charge in [0, 0.05) is 30.2 Å². The number of ketones is 2. The van der Waals surface area contributed by atoms with Crippen LogP contribution in [-0.4, -0.2) is 47.2 Å². The third-order valence-electron chi connectivity index (χ3n) is 5.80. The van der Waals surface area contributed by atoms with Crippen molar-refractivity contribution in [3.63, 3.8) is 0 Å². The van der Waals surface area contributed by atoms with Crippen LogP contribution in [-0.2, 0) is 16.0 Å². The number of nitrogens with zero attached hydrogens (tertiary/aromatic N) is 1. The highest BCUT2D eigenvalue weighted by atomic mass is 16.3. The molecule has 1 aliphatic rings. The molecule has 0 saturated heterocycles. The number of hydrogen-bond donors (Lipinski definition) is 1. The molecule has 1 fully saturated rings. The Bertz CT molecular complexity index is 1010. The van der Waals surface area contributed by atoms with Gasteiger partial charge < -0.3 is 10.0 Å². The summed E-state index contributed by atoms with van der Waals surface area (Å²) in [6, 6.07) is 13.8. The van der Waals surface area contributed by atoms with Gasteiger partial charge in [0.1, 0.15) is 6.61 Å². The molecule has 0 bridgehead atoms. The Kier molecular flexibility index (Phi) is 7.97. The van der Waals surface area contributed by atoms with Crippen LogP contribution in [0.2, 0.25) is 0 Å². The molecular formula is C27H29NO4. The molecule has 2 aromatic carbocycles. The number of aliphatic hydroxyl groups excluding tert-OH is 1. The van der Waals surface area contributed by atoms with Gasteiger partial charge in [0.05, 0.1) is 0 Å². The van der Waals surface area contributed by atoms with Crippen LogP contribution in [0.25, 0.3) is 0 Å². The van der Waals surface area contributed by atoms with Crippen molar-refractivity contribution in [3.05, 3.63) is 70.8 Å². The van der Waals surface area contributed by atoms with Crippen LogP contribution in [0.3, 0.4) is 0 Å². The zero-order valence-electron chi connectivity index (χ0n) is 18.6. The second-order valence-corrected chi connectivity index (χ2v) is 8.27. The number of likely N-dealkylation sites (N-methyl/N-ethyl adjacent to an activating group) is 1. The van der Waals surface area contributed by atoms with E-state index in [0.717, 1.165) is 28.4 Å². The van der Waals surface area contributed by atoms with Crippen molar-refractivity contribution < 1.29 is 19.5 Å². The van der Waals surface area contributed by atoms with E-state index < -0.39 is 30.1 Å². The average molecular weight is 432 g/mol. The van der Waals surface area contributed by atoms with E-state index in [1.165, 1.54) is 31.9 Å². The Labute approximate surface area is 189 Å². The number of rotatable bonds is 9. The Morgan fingerprint density at radius 3 is 2.03 bits per heavy atom. The first-order chi connectivity index (χ1) is 15.4. The summed E-state index contributed by atoms with van der Waals surface area (Å²) in [7, 11) is 1.40. The molecule has 5 heteroatoms. The summed E-state index contributed by atoms with van der Waals surface area (Å²) in [4.78, 5) is 37.9. The predicted molar refractivity (Wildman–Crippen MR) is 123 cm³/mol. The molecular weight excluding hydrogens is 402 g/mol. The lowest BCUT2D eigenvalue weighted by atomic mass is 10.0. The zero-order valence-corrected chi connectivity index (χ0v) is 18.6. The topological polar surface area (TPSA) is 74.7 Å². The molecule has 1 atom stereocenters. The highest BCUT2D eigenvalue weighted by Crippen LogP contribution is 2.33. The minimum Gasteiger partial charge on any atom is -0.388 e. The highest BCUT2D eigenvalue weighted by Gasteiger charge is 2.32. The van der Waals surface area contributed by atoms with Gasteiger partial charge in [-0.15, -0.1) is 0 Å². The standard InChI is InChI=1S/C27H29NO4/c1-3-24(30)26(25(31)18-29)28(2)27(32)23-16-14-22(15-17-23)13-12-21-10-8-20(9-11-21)7-6-19-4-5-19/h8-11,14-17,19,26,29H,3-7,18H2,1-2H3. The molecule has 0 aliphatic heterocycles. The summed E-state index contributed by atoms with van der Waals surface area (Å²) < 4.78 is 0. The van der Waals surface area contributed by atoms with Crippen molar-refractivity contribution in [2.75, 3.05) is 13.7 Å². The highest BCUT2D eigenvalue weighted by molar-refractivity contribution is 6.10. The quantitative estimate of drug-likeness (QED) is 0.488. The molecule has 2 aromatic rings. The summed E-state index contributed by atoms with van der Waals surface area (Å²) in [5.41, 5.74) is 3.38. The molecule has 166 valence electrons. The normalized spacial score (nSPS) is 13.6. The van der Waals surface area contributed by atoms with Crippen LogP contribution in [0.1, 0.15) is 59.7 Å². The van der Waals surface area contributed by atoms with E-state index in [1.807, 2.05) is 12.1 Å². The SMILES string of the molecule is CCC(=O)C(C(=O)CO)N(C)C(=O)c1ccc(C#Cc2ccc(CCC3CC3)cc2)cc1. The van der Waals surface area contributed by atoms with Crippen LogP contribution < -0.4 is 0 Å². The number of carbonyl (C=O) groups excluding carboxylic acids is 3. The maximum Gasteiger partial charge on any atom is 0.254 e. The number of Topliss-reactive ketones (excluding diaryl/α,β-unsaturated/α-hetero) is 2. The lowest BCUT2D eigenvalue weighted by molar-refractivity contribution is -0.134. The lowest BCUT2D eigenvalue weighted by Gasteiger charge is -2.25. The third-order valence-corrected chi connectivity index (χ3v) is 5.80. The summed E-state index contributed by atoms with van der Waals surface area (Å²) in [5, 5.41) is 9.15. The van der Waals surface area contributed by atoms with E-state index in [9.17, 15) is 14.4 Å². The second-order valence-electron chi connectivity index (χ2n) is 8.27. The van der Waals surface area contributed by atoms with Gasteiger partial charge in [0.15, 0.2) is 17.6 Å². The van der Waals surface area contributed by atoms with E-state index in [0.29, 0.717) is 5.56 Å². The Morgan fingerprint density at radius 2 is 1.53 bits per heavy atom. The maximum atomic E-state index is 12.8.